The van der Waals surface area contributed by atoms with Gasteiger partial charge >= 0.3 is 0 Å². The fourth-order valence-corrected chi connectivity index (χ4v) is 2.27. The maximum Gasteiger partial charge on any atom is 0.272 e. The van der Waals surface area contributed by atoms with Crippen molar-refractivity contribution in [2.75, 3.05) is 0 Å². The van der Waals surface area contributed by atoms with Crippen LogP contribution in [-0.2, 0) is 0 Å². The van der Waals surface area contributed by atoms with Crippen LogP contribution in [0.2, 0.25) is 5.02 Å². The lowest BCUT2D eigenvalue weighted by molar-refractivity contribution is 0.0358. The fraction of sp³-hybridized carbons (Fsp3) is 0.222. The molecule has 4 nitrogen and oxygen atoms in total. The van der Waals surface area contributed by atoms with Gasteiger partial charge in [0.1, 0.15) is 5.82 Å². The Morgan fingerprint density at radius 3 is 2.17 bits per heavy atom. The molecule has 0 atom stereocenters. The molecule has 126 valence electrons. The highest BCUT2D eigenvalue weighted by molar-refractivity contribution is 6.33. The van der Waals surface area contributed by atoms with Crippen LogP contribution in [-0.4, -0.2) is 22.4 Å². The molecule has 0 saturated carbocycles. The van der Waals surface area contributed by atoms with Gasteiger partial charge in [0, 0.05) is 5.56 Å². The Balaban J connectivity index is 2.29. The van der Waals surface area contributed by atoms with Gasteiger partial charge in [-0.2, -0.15) is 0 Å². The number of rotatable bonds is 2. The molecule has 0 aromatic heterocycles. The number of amides is 2. The van der Waals surface area contributed by atoms with Gasteiger partial charge in [-0.05, 0) is 57.2 Å². The first-order valence-electron chi connectivity index (χ1n) is 7.36. The van der Waals surface area contributed by atoms with E-state index in [0.29, 0.717) is 0 Å². The first-order valence-corrected chi connectivity index (χ1v) is 7.73. The van der Waals surface area contributed by atoms with E-state index in [1.165, 1.54) is 29.3 Å². The summed E-state index contributed by atoms with van der Waals surface area (Å²) >= 11 is 6.02. The third-order valence-corrected chi connectivity index (χ3v) is 3.63. The predicted octanol–water partition coefficient (Wildman–Crippen LogP) is 4.06. The second kappa shape index (κ2) is 7.01. The van der Waals surface area contributed by atoms with E-state index in [9.17, 15) is 14.0 Å². The highest BCUT2D eigenvalue weighted by atomic mass is 35.5. The summed E-state index contributed by atoms with van der Waals surface area (Å²) in [6.45, 7) is 5.34. The van der Waals surface area contributed by atoms with E-state index in [0.717, 1.165) is 0 Å². The van der Waals surface area contributed by atoms with Crippen LogP contribution in [0, 0.1) is 5.82 Å². The molecule has 0 spiro atoms. The zero-order valence-electron chi connectivity index (χ0n) is 13.6. The third kappa shape index (κ3) is 4.11. The monoisotopic (exact) mass is 348 g/mol. The van der Waals surface area contributed by atoms with Crippen molar-refractivity contribution in [1.29, 1.82) is 0 Å². The molecule has 6 heteroatoms. The van der Waals surface area contributed by atoms with Gasteiger partial charge in [0.25, 0.3) is 11.8 Å². The van der Waals surface area contributed by atoms with Crippen LogP contribution in [0.15, 0.2) is 48.5 Å². The number of hydrazine groups is 1. The van der Waals surface area contributed by atoms with Crippen LogP contribution in [0.25, 0.3) is 0 Å². The van der Waals surface area contributed by atoms with Gasteiger partial charge in [-0.15, -0.1) is 0 Å². The molecule has 2 amide bonds. The topological polar surface area (TPSA) is 49.4 Å². The van der Waals surface area contributed by atoms with Crippen molar-refractivity contribution in [2.45, 2.75) is 26.3 Å². The van der Waals surface area contributed by atoms with Crippen molar-refractivity contribution < 1.29 is 14.0 Å². The molecule has 0 radical (unpaired) electrons. The maximum atomic E-state index is 13.1. The SMILES string of the molecule is CC(C)(C)N(NC(=O)c1ccccc1Cl)C(=O)c1ccc(F)cc1. The van der Waals surface area contributed by atoms with Crippen molar-refractivity contribution in [2.24, 2.45) is 0 Å². The zero-order valence-corrected chi connectivity index (χ0v) is 14.4. The summed E-state index contributed by atoms with van der Waals surface area (Å²) < 4.78 is 13.1. The summed E-state index contributed by atoms with van der Waals surface area (Å²) in [5.41, 5.74) is 2.43. The van der Waals surface area contributed by atoms with Gasteiger partial charge in [0.2, 0.25) is 0 Å². The van der Waals surface area contributed by atoms with Gasteiger partial charge in [-0.25, -0.2) is 9.40 Å². The average Bonchev–Trinajstić information content (AvgIpc) is 2.52. The summed E-state index contributed by atoms with van der Waals surface area (Å²) in [6, 6.07) is 11.7. The van der Waals surface area contributed by atoms with E-state index in [-0.39, 0.29) is 16.1 Å². The summed E-state index contributed by atoms with van der Waals surface area (Å²) in [7, 11) is 0. The molecule has 0 fully saturated rings. The van der Waals surface area contributed by atoms with Gasteiger partial charge in [0.15, 0.2) is 0 Å². The summed E-state index contributed by atoms with van der Waals surface area (Å²) in [6.07, 6.45) is 0. The minimum atomic E-state index is -0.692. The van der Waals surface area contributed by atoms with Crippen LogP contribution < -0.4 is 5.43 Å². The highest BCUT2D eigenvalue weighted by Crippen LogP contribution is 2.18. The van der Waals surface area contributed by atoms with Gasteiger partial charge in [-0.1, -0.05) is 23.7 Å². The lowest BCUT2D eigenvalue weighted by Crippen LogP contribution is -2.55. The Kier molecular flexibility index (Phi) is 5.24. The van der Waals surface area contributed by atoms with E-state index in [4.69, 9.17) is 11.6 Å². The largest absolute Gasteiger partial charge is 0.272 e. The maximum absolute atomic E-state index is 13.1. The van der Waals surface area contributed by atoms with Crippen LogP contribution >= 0.6 is 11.6 Å². The molecule has 0 aliphatic carbocycles. The summed E-state index contributed by atoms with van der Waals surface area (Å²) in [5, 5.41) is 1.50. The van der Waals surface area contributed by atoms with Gasteiger partial charge in [0.05, 0.1) is 16.1 Å². The number of nitrogens with one attached hydrogen (secondary N) is 1. The third-order valence-electron chi connectivity index (χ3n) is 3.30. The van der Waals surface area contributed by atoms with Crippen LogP contribution in [0.4, 0.5) is 4.39 Å². The molecule has 0 saturated heterocycles. The predicted molar refractivity (Wildman–Crippen MR) is 91.2 cm³/mol. The smallest absolute Gasteiger partial charge is 0.267 e. The molecule has 0 heterocycles. The number of halogens is 2. The van der Waals surface area contributed by atoms with E-state index in [1.807, 2.05) is 0 Å². The molecule has 24 heavy (non-hydrogen) atoms. The Bertz CT molecular complexity index is 754. The molecular formula is C18H18ClFN2O2. The molecule has 2 rings (SSSR count). The standard InChI is InChI=1S/C18H18ClFN2O2/c1-18(2,3)22(17(24)12-8-10-13(20)11-9-12)21-16(23)14-6-4-5-7-15(14)19/h4-11H,1-3H3,(H,21,23). The van der Waals surface area contributed by atoms with Crippen molar-refractivity contribution in [3.8, 4) is 0 Å². The molecule has 0 bridgehead atoms. The van der Waals surface area contributed by atoms with E-state index in [1.54, 1.807) is 45.0 Å². The number of benzene rings is 2. The first-order chi connectivity index (χ1) is 11.2. The molecular weight excluding hydrogens is 331 g/mol. The van der Waals surface area contributed by atoms with Crippen LogP contribution in [0.3, 0.4) is 0 Å². The summed E-state index contributed by atoms with van der Waals surface area (Å²) in [4.78, 5) is 25.2. The van der Waals surface area contributed by atoms with Crippen LogP contribution in [0.5, 0.6) is 0 Å². The molecule has 0 aliphatic heterocycles. The van der Waals surface area contributed by atoms with E-state index >= 15 is 0 Å². The normalized spacial score (nSPS) is 11.0. The summed E-state index contributed by atoms with van der Waals surface area (Å²) in [5.74, 6) is -1.37. The van der Waals surface area contributed by atoms with Gasteiger partial charge < -0.3 is 0 Å². The Labute approximate surface area is 145 Å². The fourth-order valence-electron chi connectivity index (χ4n) is 2.05. The molecule has 0 aliphatic rings. The highest BCUT2D eigenvalue weighted by Gasteiger charge is 2.30. The van der Waals surface area contributed by atoms with Crippen molar-refractivity contribution >= 4 is 23.4 Å². The first kappa shape index (κ1) is 17.9. The van der Waals surface area contributed by atoms with E-state index in [2.05, 4.69) is 5.43 Å². The molecule has 1 N–H and O–H groups in total. The number of hydrogen-bond acceptors (Lipinski definition) is 2. The Morgan fingerprint density at radius 1 is 1.04 bits per heavy atom. The molecule has 2 aromatic rings. The van der Waals surface area contributed by atoms with E-state index < -0.39 is 23.2 Å². The second-order valence-corrected chi connectivity index (χ2v) is 6.65. The minimum absolute atomic E-state index is 0.264. The Hall–Kier alpha value is -2.40. The Morgan fingerprint density at radius 2 is 1.62 bits per heavy atom. The second-order valence-electron chi connectivity index (χ2n) is 6.24. The average molecular weight is 349 g/mol. The van der Waals surface area contributed by atoms with Crippen molar-refractivity contribution in [3.05, 3.63) is 70.5 Å². The number of nitrogens with zero attached hydrogens (tertiary/aromatic N) is 1. The van der Waals surface area contributed by atoms with Crippen molar-refractivity contribution in [1.82, 2.24) is 10.4 Å². The minimum Gasteiger partial charge on any atom is -0.267 e. The molecule has 0 unspecified atom stereocenters. The zero-order chi connectivity index (χ0) is 17.9. The molecule has 2 aromatic carbocycles. The lowest BCUT2D eigenvalue weighted by atomic mass is 10.1. The number of carbonyl (C=O) groups excluding carboxylic acids is 2. The van der Waals surface area contributed by atoms with Crippen molar-refractivity contribution in [3.63, 3.8) is 0 Å². The quantitative estimate of drug-likeness (QED) is 0.832. The van der Waals surface area contributed by atoms with Gasteiger partial charge in [-0.3, -0.25) is 15.0 Å². The van der Waals surface area contributed by atoms with Crippen LogP contribution in [0.1, 0.15) is 41.5 Å². The number of carbonyl (C=O) groups is 2. The lowest BCUT2D eigenvalue weighted by Gasteiger charge is -2.35. The number of hydrogen-bond donors (Lipinski definition) is 1.